The number of sulfone groups is 1. The summed E-state index contributed by atoms with van der Waals surface area (Å²) in [4.78, 5) is 0. The van der Waals surface area contributed by atoms with E-state index in [4.69, 9.17) is 0 Å². The molecule has 22 heavy (non-hydrogen) atoms. The van der Waals surface area contributed by atoms with Gasteiger partial charge >= 0.3 is 0 Å². The van der Waals surface area contributed by atoms with Gasteiger partial charge in [0.05, 0.1) is 17.0 Å². The van der Waals surface area contributed by atoms with Gasteiger partial charge < -0.3 is 0 Å². The number of hydrogen-bond donors (Lipinski definition) is 0. The fraction of sp³-hybridized carbons (Fsp3) is 0.533. The Kier molecular flexibility index (Phi) is 4.06. The molecule has 0 aliphatic rings. The van der Waals surface area contributed by atoms with Gasteiger partial charge in [-0.25, -0.2) is 17.2 Å². The van der Waals surface area contributed by atoms with Crippen molar-refractivity contribution in [2.75, 3.05) is 6.26 Å². The monoisotopic (exact) mass is 330 g/mol. The third kappa shape index (κ3) is 3.14. The van der Waals surface area contributed by atoms with Crippen molar-refractivity contribution in [3.63, 3.8) is 0 Å². The number of aromatic nitrogens is 2. The first-order chi connectivity index (χ1) is 9.92. The lowest BCUT2D eigenvalue weighted by Crippen LogP contribution is -2.13. The zero-order valence-corrected chi connectivity index (χ0v) is 14.1. The lowest BCUT2D eigenvalue weighted by Gasteiger charge is -2.21. The Morgan fingerprint density at radius 3 is 2.32 bits per heavy atom. The predicted octanol–water partition coefficient (Wildman–Crippen LogP) is 3.35. The van der Waals surface area contributed by atoms with Gasteiger partial charge in [-0.15, -0.1) is 0 Å². The van der Waals surface area contributed by atoms with Crippen LogP contribution < -0.4 is 0 Å². The van der Waals surface area contributed by atoms with Crippen molar-refractivity contribution < 1.29 is 17.2 Å². The Morgan fingerprint density at radius 2 is 1.86 bits per heavy atom. The van der Waals surface area contributed by atoms with Crippen LogP contribution in [0.1, 0.15) is 44.0 Å². The molecule has 2 rings (SSSR count). The molecule has 0 aliphatic heterocycles. The first kappa shape index (κ1) is 16.9. The van der Waals surface area contributed by atoms with E-state index in [0.717, 1.165) is 11.8 Å². The second-order valence-corrected chi connectivity index (χ2v) is 8.76. The molecule has 0 bridgehead atoms. The minimum absolute atomic E-state index is 0.172. The maximum Gasteiger partial charge on any atom is 0.264 e. The van der Waals surface area contributed by atoms with E-state index in [9.17, 15) is 17.2 Å². The lowest BCUT2D eigenvalue weighted by atomic mass is 9.84. The van der Waals surface area contributed by atoms with Gasteiger partial charge in [-0.2, -0.15) is 5.10 Å². The number of hydrogen-bond acceptors (Lipinski definition) is 3. The van der Waals surface area contributed by atoms with Gasteiger partial charge in [0, 0.05) is 24.3 Å². The predicted molar refractivity (Wildman–Crippen MR) is 82.9 cm³/mol. The summed E-state index contributed by atoms with van der Waals surface area (Å²) in [6.07, 6.45) is -1.61. The second-order valence-electron chi connectivity index (χ2n) is 6.62. The topological polar surface area (TPSA) is 52.0 Å². The summed E-state index contributed by atoms with van der Waals surface area (Å²) in [6.45, 7) is 5.94. The Labute approximate surface area is 129 Å². The van der Waals surface area contributed by atoms with Gasteiger partial charge in [0.15, 0.2) is 9.84 Å². The molecule has 0 fully saturated rings. The van der Waals surface area contributed by atoms with Gasteiger partial charge in [0.25, 0.3) is 6.43 Å². The number of nitrogens with zero attached hydrogens (tertiary/aromatic N) is 2. The van der Waals surface area contributed by atoms with E-state index in [1.54, 1.807) is 13.1 Å². The Balaban J connectivity index is 2.90. The summed E-state index contributed by atoms with van der Waals surface area (Å²) in [5.41, 5.74) is 1.18. The number of aryl methyl sites for hydroxylation is 1. The summed E-state index contributed by atoms with van der Waals surface area (Å²) in [5.74, 6) is -0.350. The van der Waals surface area contributed by atoms with Gasteiger partial charge in [0.1, 0.15) is 0 Å². The second kappa shape index (κ2) is 5.30. The van der Waals surface area contributed by atoms with Gasteiger partial charge in [-0.05, 0) is 11.0 Å². The Hall–Kier alpha value is -1.50. The smallest absolute Gasteiger partial charge is 0.264 e. The van der Waals surface area contributed by atoms with Gasteiger partial charge in [-0.1, -0.05) is 32.9 Å². The summed E-state index contributed by atoms with van der Waals surface area (Å²) in [5, 5.41) is 4.46. The van der Waals surface area contributed by atoms with Gasteiger partial charge in [-0.3, -0.25) is 4.68 Å². The third-order valence-electron chi connectivity index (χ3n) is 3.54. The third-order valence-corrected chi connectivity index (χ3v) is 4.33. The fourth-order valence-corrected chi connectivity index (χ4v) is 3.36. The van der Waals surface area contributed by atoms with E-state index >= 15 is 0 Å². The molecule has 0 amide bonds. The van der Waals surface area contributed by atoms with Crippen LogP contribution in [0.15, 0.2) is 12.1 Å². The van der Waals surface area contributed by atoms with Crippen LogP contribution in [-0.4, -0.2) is 24.5 Å². The van der Waals surface area contributed by atoms with E-state index < -0.39 is 16.3 Å². The highest BCUT2D eigenvalue weighted by Gasteiger charge is 2.26. The summed E-state index contributed by atoms with van der Waals surface area (Å²) >= 11 is 0. The molecular weight excluding hydrogens is 310 g/mol. The summed E-state index contributed by atoms with van der Waals surface area (Å²) < 4.78 is 51.4. The van der Waals surface area contributed by atoms with Crippen molar-refractivity contribution in [2.45, 2.75) is 38.4 Å². The quantitative estimate of drug-likeness (QED) is 0.867. The molecule has 0 N–H and O–H groups in total. The molecule has 122 valence electrons. The SMILES string of the molecule is Cn1nc(CS(C)(=O)=O)c2c(C(F)F)ccc(C(C)(C)C)c21. The molecule has 2 aromatic rings. The molecule has 4 nitrogen and oxygen atoms in total. The molecule has 1 aromatic heterocycles. The van der Waals surface area contributed by atoms with E-state index in [0.29, 0.717) is 5.52 Å². The zero-order valence-electron chi connectivity index (χ0n) is 13.3. The van der Waals surface area contributed by atoms with Crippen LogP contribution in [0.3, 0.4) is 0 Å². The first-order valence-electron chi connectivity index (χ1n) is 6.86. The number of halogens is 2. The van der Waals surface area contributed by atoms with Crippen LogP contribution in [0.25, 0.3) is 10.9 Å². The highest BCUT2D eigenvalue weighted by Crippen LogP contribution is 2.37. The minimum Gasteiger partial charge on any atom is -0.267 e. The van der Waals surface area contributed by atoms with Crippen LogP contribution in [0, 0.1) is 0 Å². The van der Waals surface area contributed by atoms with Crippen molar-refractivity contribution in [1.29, 1.82) is 0 Å². The molecular formula is C15H20F2N2O2S. The van der Waals surface area contributed by atoms with E-state index in [1.807, 2.05) is 20.8 Å². The van der Waals surface area contributed by atoms with Crippen molar-refractivity contribution in [1.82, 2.24) is 9.78 Å². The van der Waals surface area contributed by atoms with Gasteiger partial charge in [0.2, 0.25) is 0 Å². The Bertz CT molecular complexity index is 818. The number of benzene rings is 1. The van der Waals surface area contributed by atoms with E-state index in [2.05, 4.69) is 5.10 Å². The molecule has 0 unspecified atom stereocenters. The Morgan fingerprint density at radius 1 is 1.27 bits per heavy atom. The first-order valence-corrected chi connectivity index (χ1v) is 8.92. The van der Waals surface area contributed by atoms with Crippen molar-refractivity contribution in [3.8, 4) is 0 Å². The van der Waals surface area contributed by atoms with Crippen molar-refractivity contribution in [3.05, 3.63) is 29.0 Å². The molecule has 0 radical (unpaired) electrons. The average molecular weight is 330 g/mol. The largest absolute Gasteiger partial charge is 0.267 e. The van der Waals surface area contributed by atoms with Crippen LogP contribution >= 0.6 is 0 Å². The highest BCUT2D eigenvalue weighted by molar-refractivity contribution is 7.89. The van der Waals surface area contributed by atoms with E-state index in [1.165, 1.54) is 10.7 Å². The molecule has 0 atom stereocenters. The zero-order chi connectivity index (χ0) is 16.9. The van der Waals surface area contributed by atoms with Crippen LogP contribution in [0.5, 0.6) is 0 Å². The highest BCUT2D eigenvalue weighted by atomic mass is 32.2. The van der Waals surface area contributed by atoms with E-state index in [-0.39, 0.29) is 27.8 Å². The summed E-state index contributed by atoms with van der Waals surface area (Å²) in [6, 6.07) is 3.05. The van der Waals surface area contributed by atoms with Crippen molar-refractivity contribution >= 4 is 20.7 Å². The normalized spacial score (nSPS) is 13.3. The van der Waals surface area contributed by atoms with Crippen LogP contribution in [0.4, 0.5) is 8.78 Å². The minimum atomic E-state index is -3.37. The van der Waals surface area contributed by atoms with Crippen LogP contribution in [-0.2, 0) is 28.1 Å². The van der Waals surface area contributed by atoms with Crippen molar-refractivity contribution in [2.24, 2.45) is 7.05 Å². The molecule has 1 heterocycles. The standard InChI is InChI=1S/C15H20F2N2O2S/c1-15(2,3)10-7-6-9(14(16)17)12-11(8-22(5,20)21)18-19(4)13(10)12/h6-7,14H,8H2,1-5H3. The average Bonchev–Trinajstić information content (AvgIpc) is 2.62. The molecule has 0 saturated carbocycles. The fourth-order valence-electron chi connectivity index (χ4n) is 2.66. The number of fused-ring (bicyclic) bond motifs is 1. The maximum atomic E-state index is 13.4. The lowest BCUT2D eigenvalue weighted by molar-refractivity contribution is 0.153. The maximum absolute atomic E-state index is 13.4. The summed E-state index contributed by atoms with van der Waals surface area (Å²) in [7, 11) is -1.72. The molecule has 0 aliphatic carbocycles. The molecule has 0 saturated heterocycles. The molecule has 1 aromatic carbocycles. The van der Waals surface area contributed by atoms with Crippen LogP contribution in [0.2, 0.25) is 0 Å². The molecule has 0 spiro atoms. The molecule has 7 heteroatoms. The number of rotatable bonds is 3. The number of alkyl halides is 2.